The molecule has 2 nitrogen and oxygen atoms in total. The third-order valence-corrected chi connectivity index (χ3v) is 7.05. The maximum absolute atomic E-state index is 13.7. The van der Waals surface area contributed by atoms with Crippen molar-refractivity contribution in [3.63, 3.8) is 0 Å². The molecule has 160 valence electrons. The fourth-order valence-electron chi connectivity index (χ4n) is 5.50. The summed E-state index contributed by atoms with van der Waals surface area (Å²) in [5, 5.41) is 10.2. The molecule has 0 spiro atoms. The monoisotopic (exact) mass is 435 g/mol. The Hall–Kier alpha value is -4.43. The molecule has 0 aliphatic heterocycles. The minimum atomic E-state index is 0.0522. The molecular formula is C32H21NO. The molecule has 0 radical (unpaired) electrons. The summed E-state index contributed by atoms with van der Waals surface area (Å²) in [7, 11) is 0. The van der Waals surface area contributed by atoms with Crippen molar-refractivity contribution in [1.82, 2.24) is 4.57 Å². The molecule has 0 N–H and O–H groups in total. The Labute approximate surface area is 196 Å². The van der Waals surface area contributed by atoms with Gasteiger partial charge in [-0.25, -0.2) is 0 Å². The number of para-hydroxylation sites is 1. The number of aromatic nitrogens is 1. The average molecular weight is 436 g/mol. The van der Waals surface area contributed by atoms with Crippen molar-refractivity contribution in [2.75, 3.05) is 0 Å². The highest BCUT2D eigenvalue weighted by Crippen LogP contribution is 2.35. The van der Waals surface area contributed by atoms with Gasteiger partial charge in [-0.1, -0.05) is 97.1 Å². The summed E-state index contributed by atoms with van der Waals surface area (Å²) in [6.45, 7) is 0.518. The van der Waals surface area contributed by atoms with Crippen LogP contribution in [-0.4, -0.2) is 4.57 Å². The fraction of sp³-hybridized carbons (Fsp3) is 0.0312. The molecule has 0 aliphatic rings. The van der Waals surface area contributed by atoms with E-state index in [4.69, 9.17) is 0 Å². The van der Waals surface area contributed by atoms with Crippen molar-refractivity contribution in [2.24, 2.45) is 0 Å². The van der Waals surface area contributed by atoms with E-state index in [1.165, 1.54) is 32.3 Å². The van der Waals surface area contributed by atoms with Crippen LogP contribution in [0.25, 0.3) is 54.0 Å². The molecule has 34 heavy (non-hydrogen) atoms. The van der Waals surface area contributed by atoms with Crippen molar-refractivity contribution in [3.8, 4) is 0 Å². The first-order valence-corrected chi connectivity index (χ1v) is 11.6. The van der Waals surface area contributed by atoms with Gasteiger partial charge in [0.05, 0.1) is 12.1 Å². The second kappa shape index (κ2) is 7.29. The first-order chi connectivity index (χ1) is 16.8. The van der Waals surface area contributed by atoms with Crippen LogP contribution < -0.4 is 5.56 Å². The van der Waals surface area contributed by atoms with E-state index in [0.29, 0.717) is 6.54 Å². The highest BCUT2D eigenvalue weighted by Gasteiger charge is 2.14. The molecule has 0 saturated carbocycles. The smallest absolute Gasteiger partial charge is 0.259 e. The molecule has 0 saturated heterocycles. The molecule has 0 bridgehead atoms. The molecule has 0 amide bonds. The van der Waals surface area contributed by atoms with Gasteiger partial charge in [0.1, 0.15) is 0 Å². The van der Waals surface area contributed by atoms with E-state index < -0.39 is 0 Å². The minimum Gasteiger partial charge on any atom is -0.303 e. The number of pyridine rings is 1. The molecule has 7 aromatic rings. The third kappa shape index (κ3) is 2.72. The zero-order valence-electron chi connectivity index (χ0n) is 18.5. The molecule has 0 aliphatic carbocycles. The van der Waals surface area contributed by atoms with Gasteiger partial charge in [-0.3, -0.25) is 4.79 Å². The van der Waals surface area contributed by atoms with Gasteiger partial charge in [-0.2, -0.15) is 0 Å². The van der Waals surface area contributed by atoms with Crippen LogP contribution in [0, 0.1) is 0 Å². The molecular weight excluding hydrogens is 414 g/mol. The normalized spacial score (nSPS) is 11.8. The van der Waals surface area contributed by atoms with Crippen LogP contribution in [0.3, 0.4) is 0 Å². The van der Waals surface area contributed by atoms with E-state index in [9.17, 15) is 4.79 Å². The highest BCUT2D eigenvalue weighted by atomic mass is 16.1. The van der Waals surface area contributed by atoms with Gasteiger partial charge in [0.15, 0.2) is 0 Å². The van der Waals surface area contributed by atoms with Crippen LogP contribution in [0.1, 0.15) is 5.56 Å². The number of benzene rings is 6. The Balaban J connectivity index is 1.59. The molecule has 2 heteroatoms. The summed E-state index contributed by atoms with van der Waals surface area (Å²) < 4.78 is 1.94. The number of fused-ring (bicyclic) bond motifs is 8. The van der Waals surface area contributed by atoms with Crippen molar-refractivity contribution >= 4 is 54.0 Å². The zero-order chi connectivity index (χ0) is 22.6. The Morgan fingerprint density at radius 1 is 0.500 bits per heavy atom. The number of hydrogen-bond donors (Lipinski definition) is 0. The van der Waals surface area contributed by atoms with Crippen LogP contribution in [0.2, 0.25) is 0 Å². The number of nitrogens with zero attached hydrogens (tertiary/aromatic N) is 1. The van der Waals surface area contributed by atoms with Crippen LogP contribution in [-0.2, 0) is 6.54 Å². The Bertz CT molecular complexity index is 1950. The number of hydrogen-bond acceptors (Lipinski definition) is 1. The van der Waals surface area contributed by atoms with E-state index in [-0.39, 0.29) is 5.56 Å². The summed E-state index contributed by atoms with van der Waals surface area (Å²) in [6, 6.07) is 39.9. The van der Waals surface area contributed by atoms with E-state index in [2.05, 4.69) is 78.9 Å². The second-order valence-corrected chi connectivity index (χ2v) is 8.92. The maximum Gasteiger partial charge on any atom is 0.259 e. The lowest BCUT2D eigenvalue weighted by Gasteiger charge is -2.17. The molecule has 6 aromatic carbocycles. The third-order valence-electron chi connectivity index (χ3n) is 7.05. The van der Waals surface area contributed by atoms with E-state index in [1.807, 2.05) is 41.0 Å². The summed E-state index contributed by atoms with van der Waals surface area (Å²) in [6.07, 6.45) is 0. The Morgan fingerprint density at radius 3 is 1.88 bits per heavy atom. The second-order valence-electron chi connectivity index (χ2n) is 8.92. The van der Waals surface area contributed by atoms with Crippen molar-refractivity contribution < 1.29 is 0 Å². The standard InChI is InChI=1S/C32H21NO/c34-32-29-15-6-5-13-27(29)28-14-7-8-16-30(28)33(32)20-23-19-22-10-2-4-12-25(22)31-24-11-3-1-9-21(24)17-18-26(23)31/h1-19H,20H2. The predicted octanol–water partition coefficient (Wildman–Crippen LogP) is 7.66. The van der Waals surface area contributed by atoms with Gasteiger partial charge in [0, 0.05) is 10.8 Å². The Morgan fingerprint density at radius 2 is 1.09 bits per heavy atom. The van der Waals surface area contributed by atoms with E-state index >= 15 is 0 Å². The molecule has 0 fully saturated rings. The highest BCUT2D eigenvalue weighted by molar-refractivity contribution is 6.21. The lowest BCUT2D eigenvalue weighted by Crippen LogP contribution is -2.21. The predicted molar refractivity (Wildman–Crippen MR) is 144 cm³/mol. The molecule has 1 aromatic heterocycles. The van der Waals surface area contributed by atoms with Gasteiger partial charge >= 0.3 is 0 Å². The topological polar surface area (TPSA) is 22.0 Å². The SMILES string of the molecule is O=c1c2ccccc2c2ccccc2n1Cc1cc2ccccc2c2c1ccc1ccccc12. The summed E-state index contributed by atoms with van der Waals surface area (Å²) in [5.41, 5.74) is 2.17. The van der Waals surface area contributed by atoms with Crippen molar-refractivity contribution in [3.05, 3.63) is 131 Å². The molecule has 0 atom stereocenters. The molecule has 7 rings (SSSR count). The van der Waals surface area contributed by atoms with Crippen molar-refractivity contribution in [1.29, 1.82) is 0 Å². The van der Waals surface area contributed by atoms with Gasteiger partial charge < -0.3 is 4.57 Å². The van der Waals surface area contributed by atoms with Gasteiger partial charge in [0.2, 0.25) is 0 Å². The van der Waals surface area contributed by atoms with E-state index in [1.54, 1.807) is 0 Å². The van der Waals surface area contributed by atoms with Crippen LogP contribution in [0.4, 0.5) is 0 Å². The number of rotatable bonds is 2. The van der Waals surface area contributed by atoms with E-state index in [0.717, 1.165) is 27.2 Å². The minimum absolute atomic E-state index is 0.0522. The van der Waals surface area contributed by atoms with Gasteiger partial charge in [0.25, 0.3) is 5.56 Å². The van der Waals surface area contributed by atoms with Crippen molar-refractivity contribution in [2.45, 2.75) is 6.54 Å². The zero-order valence-corrected chi connectivity index (χ0v) is 18.5. The van der Waals surface area contributed by atoms with Crippen LogP contribution in [0.5, 0.6) is 0 Å². The van der Waals surface area contributed by atoms with Gasteiger partial charge in [-0.05, 0) is 61.5 Å². The van der Waals surface area contributed by atoms with Crippen LogP contribution >= 0.6 is 0 Å². The lowest BCUT2D eigenvalue weighted by atomic mass is 9.93. The first kappa shape index (κ1) is 19.1. The molecule has 0 unspecified atom stereocenters. The lowest BCUT2D eigenvalue weighted by molar-refractivity contribution is 0.809. The Kier molecular flexibility index (Phi) is 4.09. The molecule has 1 heterocycles. The summed E-state index contributed by atoms with van der Waals surface area (Å²) >= 11 is 0. The summed E-state index contributed by atoms with van der Waals surface area (Å²) in [4.78, 5) is 13.7. The first-order valence-electron chi connectivity index (χ1n) is 11.6. The maximum atomic E-state index is 13.7. The quantitative estimate of drug-likeness (QED) is 0.256. The fourth-order valence-corrected chi connectivity index (χ4v) is 5.50. The van der Waals surface area contributed by atoms with Crippen LogP contribution in [0.15, 0.2) is 120 Å². The van der Waals surface area contributed by atoms with Gasteiger partial charge in [-0.15, -0.1) is 0 Å². The summed E-state index contributed by atoms with van der Waals surface area (Å²) in [5.74, 6) is 0. The largest absolute Gasteiger partial charge is 0.303 e. The average Bonchev–Trinajstić information content (AvgIpc) is 2.90.